The molecule has 4 heteroatoms. The Bertz CT molecular complexity index is 166. The minimum Gasteiger partial charge on any atom is -0.464 e. The predicted octanol–water partition coefficient (Wildman–Crippen LogP) is 1.44. The van der Waals surface area contributed by atoms with Crippen LogP contribution >= 0.6 is 0 Å². The van der Waals surface area contributed by atoms with E-state index in [1.807, 2.05) is 0 Å². The highest BCUT2D eigenvalue weighted by molar-refractivity contribution is 5.76. The third kappa shape index (κ3) is 2.95. The summed E-state index contributed by atoms with van der Waals surface area (Å²) in [7, 11) is 0. The average molecular weight is 192 g/mol. The van der Waals surface area contributed by atoms with Crippen molar-refractivity contribution >= 4 is 5.97 Å². The third-order valence-electron chi connectivity index (χ3n) is 2.19. The van der Waals surface area contributed by atoms with Gasteiger partial charge in [-0.1, -0.05) is 13.8 Å². The Morgan fingerprint density at radius 1 is 1.46 bits per heavy atom. The quantitative estimate of drug-likeness (QED) is 0.670. The Hall–Kier alpha value is -0.640. The maximum absolute atomic E-state index is 13.3. The molecule has 0 aliphatic rings. The second-order valence-electron chi connectivity index (χ2n) is 2.93. The summed E-state index contributed by atoms with van der Waals surface area (Å²) in [5.74, 6) is -0.978. The van der Waals surface area contributed by atoms with Crippen LogP contribution < -0.4 is 0 Å². The van der Waals surface area contributed by atoms with Crippen molar-refractivity contribution in [3.63, 3.8) is 0 Å². The van der Waals surface area contributed by atoms with Gasteiger partial charge in [-0.15, -0.1) is 0 Å². The van der Waals surface area contributed by atoms with E-state index in [1.165, 1.54) is 0 Å². The highest BCUT2D eigenvalue weighted by Gasteiger charge is 2.39. The summed E-state index contributed by atoms with van der Waals surface area (Å²) < 4.78 is 17.8. The molecular weight excluding hydrogens is 175 g/mol. The molecule has 1 unspecified atom stereocenters. The van der Waals surface area contributed by atoms with Gasteiger partial charge < -0.3 is 9.84 Å². The molecule has 0 aliphatic heterocycles. The van der Waals surface area contributed by atoms with Gasteiger partial charge in [0.15, 0.2) is 0 Å². The molecule has 0 aliphatic carbocycles. The van der Waals surface area contributed by atoms with E-state index in [9.17, 15) is 14.3 Å². The van der Waals surface area contributed by atoms with Gasteiger partial charge in [0.25, 0.3) is 0 Å². The first-order chi connectivity index (χ1) is 6.01. The standard InChI is InChI=1S/C9H17FO3/c1-4-9(12,5-2)7(10)8(11)13-6-3/h7,12H,4-6H2,1-3H3. The Labute approximate surface area is 77.9 Å². The molecule has 1 N–H and O–H groups in total. The van der Waals surface area contributed by atoms with E-state index < -0.39 is 17.7 Å². The van der Waals surface area contributed by atoms with Gasteiger partial charge >= 0.3 is 5.97 Å². The van der Waals surface area contributed by atoms with E-state index in [1.54, 1.807) is 20.8 Å². The molecule has 0 saturated carbocycles. The Morgan fingerprint density at radius 2 is 1.92 bits per heavy atom. The van der Waals surface area contributed by atoms with Crippen LogP contribution in [-0.2, 0) is 9.53 Å². The van der Waals surface area contributed by atoms with Crippen LogP contribution in [0.15, 0.2) is 0 Å². The van der Waals surface area contributed by atoms with Crippen molar-refractivity contribution in [3.05, 3.63) is 0 Å². The molecule has 0 rings (SSSR count). The monoisotopic (exact) mass is 192 g/mol. The lowest BCUT2D eigenvalue weighted by atomic mass is 9.92. The third-order valence-corrected chi connectivity index (χ3v) is 2.19. The first-order valence-corrected chi connectivity index (χ1v) is 4.54. The fraction of sp³-hybridized carbons (Fsp3) is 0.889. The van der Waals surface area contributed by atoms with Crippen LogP contribution in [0.4, 0.5) is 4.39 Å². The predicted molar refractivity (Wildman–Crippen MR) is 47.1 cm³/mol. The number of esters is 1. The molecule has 0 heterocycles. The summed E-state index contributed by atoms with van der Waals surface area (Å²) in [6.45, 7) is 4.99. The molecule has 0 bridgehead atoms. The minimum absolute atomic E-state index is 0.128. The van der Waals surface area contributed by atoms with Crippen LogP contribution in [0, 0.1) is 0 Å². The van der Waals surface area contributed by atoms with E-state index in [4.69, 9.17) is 0 Å². The van der Waals surface area contributed by atoms with Crippen molar-refractivity contribution in [2.75, 3.05) is 6.61 Å². The number of hydrogen-bond donors (Lipinski definition) is 1. The van der Waals surface area contributed by atoms with E-state index in [0.717, 1.165) is 0 Å². The summed E-state index contributed by atoms with van der Waals surface area (Å²) >= 11 is 0. The fourth-order valence-electron chi connectivity index (χ4n) is 1.04. The number of aliphatic hydroxyl groups is 1. The maximum atomic E-state index is 13.3. The van der Waals surface area contributed by atoms with Crippen LogP contribution in [0.3, 0.4) is 0 Å². The molecule has 0 radical (unpaired) electrons. The Kier molecular flexibility index (Phi) is 4.91. The molecule has 0 aromatic heterocycles. The molecule has 0 spiro atoms. The SMILES string of the molecule is CCOC(=O)C(F)C(O)(CC)CC. The maximum Gasteiger partial charge on any atom is 0.343 e. The molecule has 3 nitrogen and oxygen atoms in total. The van der Waals surface area contributed by atoms with E-state index in [-0.39, 0.29) is 19.4 Å². The average Bonchev–Trinajstić information content (AvgIpc) is 2.16. The first kappa shape index (κ1) is 12.4. The zero-order chi connectivity index (χ0) is 10.5. The molecule has 0 fully saturated rings. The number of ether oxygens (including phenoxy) is 1. The first-order valence-electron chi connectivity index (χ1n) is 4.54. The van der Waals surface area contributed by atoms with Crippen molar-refractivity contribution in [2.24, 2.45) is 0 Å². The van der Waals surface area contributed by atoms with Crippen molar-refractivity contribution in [2.45, 2.75) is 45.4 Å². The molecule has 13 heavy (non-hydrogen) atoms. The largest absolute Gasteiger partial charge is 0.464 e. The molecule has 0 amide bonds. The zero-order valence-corrected chi connectivity index (χ0v) is 8.34. The van der Waals surface area contributed by atoms with E-state index in [2.05, 4.69) is 4.74 Å². The lowest BCUT2D eigenvalue weighted by Gasteiger charge is -2.27. The minimum atomic E-state index is -1.94. The van der Waals surface area contributed by atoms with E-state index in [0.29, 0.717) is 0 Å². The lowest BCUT2D eigenvalue weighted by molar-refractivity contribution is -0.161. The number of hydrogen-bond acceptors (Lipinski definition) is 3. The number of alkyl halides is 1. The molecule has 1 atom stereocenters. The molecule has 78 valence electrons. The summed E-state index contributed by atoms with van der Waals surface area (Å²) in [4.78, 5) is 11.0. The summed E-state index contributed by atoms with van der Waals surface area (Å²) in [5, 5.41) is 9.62. The van der Waals surface area contributed by atoms with Gasteiger partial charge in [0.05, 0.1) is 6.61 Å². The molecule has 0 aromatic rings. The van der Waals surface area contributed by atoms with Gasteiger partial charge in [-0.05, 0) is 19.8 Å². The summed E-state index contributed by atoms with van der Waals surface area (Å²) in [6.07, 6.45) is -1.55. The van der Waals surface area contributed by atoms with Gasteiger partial charge in [-0.2, -0.15) is 0 Å². The summed E-state index contributed by atoms with van der Waals surface area (Å²) in [5.41, 5.74) is -1.58. The second-order valence-corrected chi connectivity index (χ2v) is 2.93. The number of carbonyl (C=O) groups is 1. The number of rotatable bonds is 5. The normalized spacial score (nSPS) is 13.9. The lowest BCUT2D eigenvalue weighted by Crippen LogP contribution is -2.44. The highest BCUT2D eigenvalue weighted by Crippen LogP contribution is 2.23. The molecule has 0 saturated heterocycles. The topological polar surface area (TPSA) is 46.5 Å². The van der Waals surface area contributed by atoms with Crippen LogP contribution in [0.2, 0.25) is 0 Å². The van der Waals surface area contributed by atoms with Gasteiger partial charge in [0, 0.05) is 0 Å². The Balaban J connectivity index is 4.36. The number of carbonyl (C=O) groups excluding carboxylic acids is 1. The summed E-state index contributed by atoms with van der Waals surface area (Å²) in [6, 6.07) is 0. The van der Waals surface area contributed by atoms with Gasteiger partial charge in [-0.25, -0.2) is 9.18 Å². The van der Waals surface area contributed by atoms with Gasteiger partial charge in [0.2, 0.25) is 6.17 Å². The zero-order valence-electron chi connectivity index (χ0n) is 8.34. The fourth-order valence-corrected chi connectivity index (χ4v) is 1.04. The van der Waals surface area contributed by atoms with Crippen LogP contribution in [-0.4, -0.2) is 29.5 Å². The van der Waals surface area contributed by atoms with Crippen LogP contribution in [0.25, 0.3) is 0 Å². The van der Waals surface area contributed by atoms with Crippen LogP contribution in [0.1, 0.15) is 33.6 Å². The Morgan fingerprint density at radius 3 is 2.23 bits per heavy atom. The van der Waals surface area contributed by atoms with Crippen molar-refractivity contribution < 1.29 is 19.0 Å². The molecular formula is C9H17FO3. The number of halogens is 1. The van der Waals surface area contributed by atoms with Crippen molar-refractivity contribution in [3.8, 4) is 0 Å². The van der Waals surface area contributed by atoms with Crippen molar-refractivity contribution in [1.29, 1.82) is 0 Å². The second kappa shape index (κ2) is 5.17. The van der Waals surface area contributed by atoms with Gasteiger partial charge in [0.1, 0.15) is 5.60 Å². The van der Waals surface area contributed by atoms with Crippen molar-refractivity contribution in [1.82, 2.24) is 0 Å². The smallest absolute Gasteiger partial charge is 0.343 e. The van der Waals surface area contributed by atoms with Gasteiger partial charge in [-0.3, -0.25) is 0 Å². The highest BCUT2D eigenvalue weighted by atomic mass is 19.1. The van der Waals surface area contributed by atoms with E-state index >= 15 is 0 Å². The molecule has 0 aromatic carbocycles. The van der Waals surface area contributed by atoms with Crippen LogP contribution in [0.5, 0.6) is 0 Å².